The van der Waals surface area contributed by atoms with Gasteiger partial charge in [-0.25, -0.2) is 0 Å². The predicted molar refractivity (Wildman–Crippen MR) is 102 cm³/mol. The fraction of sp³-hybridized carbons (Fsp3) is 0.0952. The SMILES string of the molecule is Cc1cccc(COc2ccc(-c3c(C#N)c(N)[nH]c(=O)c3C#N)cc2)c1. The zero-order valence-electron chi connectivity index (χ0n) is 14.6. The average Bonchev–Trinajstić information content (AvgIpc) is 2.66. The van der Waals surface area contributed by atoms with Crippen LogP contribution in [0.2, 0.25) is 0 Å². The second-order valence-electron chi connectivity index (χ2n) is 6.02. The van der Waals surface area contributed by atoms with Gasteiger partial charge in [0.1, 0.15) is 41.4 Å². The summed E-state index contributed by atoms with van der Waals surface area (Å²) >= 11 is 0. The number of ether oxygens (including phenoxy) is 1. The van der Waals surface area contributed by atoms with Crippen molar-refractivity contribution in [3.8, 4) is 29.0 Å². The summed E-state index contributed by atoms with van der Waals surface area (Å²) in [6.45, 7) is 2.44. The summed E-state index contributed by atoms with van der Waals surface area (Å²) in [5.74, 6) is 0.575. The van der Waals surface area contributed by atoms with Crippen molar-refractivity contribution in [1.82, 2.24) is 4.98 Å². The van der Waals surface area contributed by atoms with E-state index < -0.39 is 5.56 Å². The number of aromatic nitrogens is 1. The van der Waals surface area contributed by atoms with Gasteiger partial charge >= 0.3 is 0 Å². The number of hydrogen-bond donors (Lipinski definition) is 2. The number of rotatable bonds is 4. The summed E-state index contributed by atoms with van der Waals surface area (Å²) < 4.78 is 5.78. The van der Waals surface area contributed by atoms with Crippen LogP contribution in [-0.4, -0.2) is 4.98 Å². The second-order valence-corrected chi connectivity index (χ2v) is 6.02. The lowest BCUT2D eigenvalue weighted by molar-refractivity contribution is 0.306. The van der Waals surface area contributed by atoms with Gasteiger partial charge in [0.2, 0.25) is 0 Å². The van der Waals surface area contributed by atoms with Crippen LogP contribution < -0.4 is 16.0 Å². The van der Waals surface area contributed by atoms with Crippen LogP contribution in [0.4, 0.5) is 5.82 Å². The molecule has 132 valence electrons. The smallest absolute Gasteiger partial charge is 0.268 e. The lowest BCUT2D eigenvalue weighted by Gasteiger charge is -2.10. The number of benzene rings is 2. The van der Waals surface area contributed by atoms with Crippen molar-refractivity contribution in [2.24, 2.45) is 0 Å². The highest BCUT2D eigenvalue weighted by Crippen LogP contribution is 2.29. The minimum Gasteiger partial charge on any atom is -0.489 e. The van der Waals surface area contributed by atoms with Gasteiger partial charge in [0.25, 0.3) is 5.56 Å². The molecule has 0 aliphatic rings. The van der Waals surface area contributed by atoms with Crippen molar-refractivity contribution in [2.75, 3.05) is 5.73 Å². The molecular weight excluding hydrogens is 340 g/mol. The first kappa shape index (κ1) is 17.8. The van der Waals surface area contributed by atoms with Gasteiger partial charge in [0.05, 0.1) is 0 Å². The highest BCUT2D eigenvalue weighted by molar-refractivity contribution is 5.80. The van der Waals surface area contributed by atoms with E-state index in [1.54, 1.807) is 24.3 Å². The Morgan fingerprint density at radius 2 is 1.78 bits per heavy atom. The Bertz CT molecular complexity index is 1130. The van der Waals surface area contributed by atoms with Gasteiger partial charge in [0.15, 0.2) is 0 Å². The summed E-state index contributed by atoms with van der Waals surface area (Å²) in [6, 6.07) is 18.7. The first-order valence-electron chi connectivity index (χ1n) is 8.18. The number of nitrogens with one attached hydrogen (secondary N) is 1. The van der Waals surface area contributed by atoms with E-state index in [-0.39, 0.29) is 22.5 Å². The molecule has 0 saturated heterocycles. The highest BCUT2D eigenvalue weighted by atomic mass is 16.5. The Kier molecular flexibility index (Phi) is 4.92. The minimum absolute atomic E-state index is 0.0590. The van der Waals surface area contributed by atoms with E-state index in [1.807, 2.05) is 43.3 Å². The van der Waals surface area contributed by atoms with Crippen molar-refractivity contribution in [2.45, 2.75) is 13.5 Å². The van der Waals surface area contributed by atoms with E-state index >= 15 is 0 Å². The molecule has 1 heterocycles. The molecule has 6 nitrogen and oxygen atoms in total. The molecule has 0 aliphatic heterocycles. The monoisotopic (exact) mass is 356 g/mol. The fourth-order valence-electron chi connectivity index (χ4n) is 2.82. The van der Waals surface area contributed by atoms with E-state index in [4.69, 9.17) is 10.5 Å². The lowest BCUT2D eigenvalue weighted by Crippen LogP contribution is -2.16. The maximum absolute atomic E-state index is 12.0. The van der Waals surface area contributed by atoms with Crippen LogP contribution in [0, 0.1) is 29.6 Å². The van der Waals surface area contributed by atoms with Crippen LogP contribution in [0.15, 0.2) is 53.3 Å². The molecule has 0 radical (unpaired) electrons. The van der Waals surface area contributed by atoms with Crippen molar-refractivity contribution in [3.63, 3.8) is 0 Å². The molecule has 3 N–H and O–H groups in total. The van der Waals surface area contributed by atoms with Crippen molar-refractivity contribution in [1.29, 1.82) is 10.5 Å². The Labute approximate surface area is 156 Å². The van der Waals surface area contributed by atoms with E-state index in [0.29, 0.717) is 17.9 Å². The quantitative estimate of drug-likeness (QED) is 0.744. The number of anilines is 1. The predicted octanol–water partition coefficient (Wildman–Crippen LogP) is 3.25. The Morgan fingerprint density at radius 1 is 1.07 bits per heavy atom. The second kappa shape index (κ2) is 7.47. The topological polar surface area (TPSA) is 116 Å². The maximum Gasteiger partial charge on any atom is 0.268 e. The summed E-state index contributed by atoms with van der Waals surface area (Å²) in [4.78, 5) is 14.3. The van der Waals surface area contributed by atoms with Gasteiger partial charge in [-0.3, -0.25) is 4.79 Å². The Hall–Kier alpha value is -4.03. The molecule has 0 bridgehead atoms. The number of pyridine rings is 1. The largest absolute Gasteiger partial charge is 0.489 e. The molecule has 3 aromatic rings. The number of nitrogens with zero attached hydrogens (tertiary/aromatic N) is 2. The van der Waals surface area contributed by atoms with Gasteiger partial charge < -0.3 is 15.5 Å². The van der Waals surface area contributed by atoms with Gasteiger partial charge in [0, 0.05) is 5.56 Å². The van der Waals surface area contributed by atoms with Crippen LogP contribution in [0.3, 0.4) is 0 Å². The first-order valence-corrected chi connectivity index (χ1v) is 8.18. The summed E-state index contributed by atoms with van der Waals surface area (Å²) in [5, 5.41) is 18.7. The number of nitrogens with two attached hydrogens (primary N) is 1. The van der Waals surface area contributed by atoms with Crippen molar-refractivity contribution in [3.05, 3.63) is 81.1 Å². The summed E-state index contributed by atoms with van der Waals surface area (Å²) in [6.07, 6.45) is 0. The lowest BCUT2D eigenvalue weighted by atomic mass is 9.96. The van der Waals surface area contributed by atoms with Gasteiger partial charge in [-0.15, -0.1) is 0 Å². The van der Waals surface area contributed by atoms with E-state index in [2.05, 4.69) is 4.98 Å². The highest BCUT2D eigenvalue weighted by Gasteiger charge is 2.18. The van der Waals surface area contributed by atoms with Crippen LogP contribution in [-0.2, 0) is 6.61 Å². The Balaban J connectivity index is 1.91. The van der Waals surface area contributed by atoms with Gasteiger partial charge in [-0.1, -0.05) is 42.0 Å². The van der Waals surface area contributed by atoms with E-state index in [9.17, 15) is 15.3 Å². The standard InChI is InChI=1S/C21H16N4O2/c1-13-3-2-4-14(9-13)12-27-16-7-5-15(6-8-16)19-17(10-22)20(24)25-21(26)18(19)11-23/h2-9H,12H2,1H3,(H3,24,25,26). The molecule has 0 aliphatic carbocycles. The fourth-order valence-corrected chi connectivity index (χ4v) is 2.82. The molecule has 0 atom stereocenters. The molecule has 0 unspecified atom stereocenters. The third kappa shape index (κ3) is 3.65. The molecule has 1 aromatic heterocycles. The first-order chi connectivity index (χ1) is 13.0. The van der Waals surface area contributed by atoms with Crippen molar-refractivity contribution >= 4 is 5.82 Å². The molecule has 6 heteroatoms. The van der Waals surface area contributed by atoms with Crippen molar-refractivity contribution < 1.29 is 4.74 Å². The minimum atomic E-state index is -0.622. The number of nitriles is 2. The van der Waals surface area contributed by atoms with Crippen LogP contribution in [0.25, 0.3) is 11.1 Å². The summed E-state index contributed by atoms with van der Waals surface area (Å²) in [5.41, 5.74) is 8.03. The number of aryl methyl sites for hydroxylation is 1. The molecule has 0 spiro atoms. The number of H-pyrrole nitrogens is 1. The third-order valence-corrected chi connectivity index (χ3v) is 4.10. The molecular formula is C21H16N4O2. The third-order valence-electron chi connectivity index (χ3n) is 4.10. The van der Waals surface area contributed by atoms with Crippen LogP contribution in [0.1, 0.15) is 22.3 Å². The molecule has 2 aromatic carbocycles. The normalized spacial score (nSPS) is 10.0. The number of aromatic amines is 1. The number of hydrogen-bond acceptors (Lipinski definition) is 5. The Morgan fingerprint density at radius 3 is 2.41 bits per heavy atom. The zero-order chi connectivity index (χ0) is 19.4. The molecule has 0 saturated carbocycles. The van der Waals surface area contributed by atoms with E-state index in [1.165, 1.54) is 0 Å². The molecule has 3 rings (SSSR count). The number of nitrogen functional groups attached to an aromatic ring is 1. The van der Waals surface area contributed by atoms with Gasteiger partial charge in [-0.2, -0.15) is 10.5 Å². The average molecular weight is 356 g/mol. The zero-order valence-corrected chi connectivity index (χ0v) is 14.6. The van der Waals surface area contributed by atoms with E-state index in [0.717, 1.165) is 11.1 Å². The van der Waals surface area contributed by atoms with Gasteiger partial charge in [-0.05, 0) is 30.2 Å². The molecule has 0 fully saturated rings. The summed E-state index contributed by atoms with van der Waals surface area (Å²) in [7, 11) is 0. The maximum atomic E-state index is 12.0. The van der Waals surface area contributed by atoms with Crippen LogP contribution >= 0.6 is 0 Å². The molecule has 27 heavy (non-hydrogen) atoms. The molecule has 0 amide bonds. The van der Waals surface area contributed by atoms with Crippen LogP contribution in [0.5, 0.6) is 5.75 Å².